The highest BCUT2D eigenvalue weighted by atomic mass is 16.2. The summed E-state index contributed by atoms with van der Waals surface area (Å²) in [6.45, 7) is 2.17. The summed E-state index contributed by atoms with van der Waals surface area (Å²) in [5.41, 5.74) is 7.43. The standard InChI is InChI=1S/C25H28N4O3/c26-23(31)18-10-13-28(14-11-18)16-21(30)29-15-12-25(22(29)17-6-2-1-3-7-17)19-8-4-5-9-20(19)27-24(25)32/h1-9,18,22H,10-16H2,(H2,26,31)(H,27,32)/t22-,25+/m0/s1. The van der Waals surface area contributed by atoms with Crippen molar-refractivity contribution in [2.24, 2.45) is 11.7 Å². The lowest BCUT2D eigenvalue weighted by atomic mass is 9.72. The predicted octanol–water partition coefficient (Wildman–Crippen LogP) is 2.05. The van der Waals surface area contributed by atoms with Gasteiger partial charge in [0.1, 0.15) is 5.41 Å². The Morgan fingerprint density at radius 3 is 2.41 bits per heavy atom. The normalized spacial score (nSPS) is 25.7. The molecule has 1 spiro atoms. The monoisotopic (exact) mass is 432 g/mol. The summed E-state index contributed by atoms with van der Waals surface area (Å²) in [6, 6.07) is 17.3. The van der Waals surface area contributed by atoms with Gasteiger partial charge in [-0.2, -0.15) is 0 Å². The summed E-state index contributed by atoms with van der Waals surface area (Å²) in [5.74, 6) is -0.379. The topological polar surface area (TPSA) is 95.7 Å². The number of benzene rings is 2. The Bertz CT molecular complexity index is 1050. The fraction of sp³-hybridized carbons (Fsp3) is 0.400. The van der Waals surface area contributed by atoms with Crippen molar-refractivity contribution in [1.29, 1.82) is 0 Å². The first-order valence-electron chi connectivity index (χ1n) is 11.3. The number of nitrogens with one attached hydrogen (secondary N) is 1. The zero-order valence-corrected chi connectivity index (χ0v) is 18.0. The molecule has 3 heterocycles. The van der Waals surface area contributed by atoms with E-state index in [1.807, 2.05) is 59.5 Å². The second-order valence-electron chi connectivity index (χ2n) is 9.07. The molecule has 3 amide bonds. The van der Waals surface area contributed by atoms with Crippen LogP contribution in [0.25, 0.3) is 0 Å². The first-order valence-corrected chi connectivity index (χ1v) is 11.3. The van der Waals surface area contributed by atoms with Gasteiger partial charge in [0.2, 0.25) is 17.7 Å². The molecule has 2 aromatic carbocycles. The quantitative estimate of drug-likeness (QED) is 0.773. The van der Waals surface area contributed by atoms with Crippen molar-refractivity contribution >= 4 is 23.4 Å². The van der Waals surface area contributed by atoms with E-state index in [1.54, 1.807) is 0 Å². The van der Waals surface area contributed by atoms with Gasteiger partial charge in [-0.1, -0.05) is 48.5 Å². The van der Waals surface area contributed by atoms with Crippen LogP contribution < -0.4 is 11.1 Å². The highest BCUT2D eigenvalue weighted by molar-refractivity contribution is 6.07. The van der Waals surface area contributed by atoms with E-state index in [4.69, 9.17) is 5.73 Å². The molecule has 3 N–H and O–H groups in total. The lowest BCUT2D eigenvalue weighted by Crippen LogP contribution is -2.47. The van der Waals surface area contributed by atoms with Gasteiger partial charge in [0.25, 0.3) is 0 Å². The van der Waals surface area contributed by atoms with Gasteiger partial charge in [-0.3, -0.25) is 19.3 Å². The molecular weight excluding hydrogens is 404 g/mol. The average molecular weight is 433 g/mol. The van der Waals surface area contributed by atoms with Gasteiger partial charge in [0.05, 0.1) is 12.6 Å². The van der Waals surface area contributed by atoms with E-state index < -0.39 is 5.41 Å². The smallest absolute Gasteiger partial charge is 0.237 e. The van der Waals surface area contributed by atoms with E-state index in [0.717, 1.165) is 16.8 Å². The van der Waals surface area contributed by atoms with Crippen LogP contribution in [0.2, 0.25) is 0 Å². The van der Waals surface area contributed by atoms with Crippen LogP contribution in [-0.2, 0) is 19.8 Å². The first kappa shape index (κ1) is 20.7. The maximum atomic E-state index is 13.5. The van der Waals surface area contributed by atoms with Crippen molar-refractivity contribution in [3.63, 3.8) is 0 Å². The highest BCUT2D eigenvalue weighted by Crippen LogP contribution is 2.54. The second-order valence-corrected chi connectivity index (χ2v) is 9.07. The Hall–Kier alpha value is -3.19. The number of carbonyl (C=O) groups excluding carboxylic acids is 3. The number of primary amides is 1. The number of likely N-dealkylation sites (tertiary alicyclic amines) is 2. The van der Waals surface area contributed by atoms with E-state index in [1.165, 1.54) is 0 Å². The van der Waals surface area contributed by atoms with Crippen LogP contribution in [0.4, 0.5) is 5.69 Å². The third-order valence-electron chi connectivity index (χ3n) is 7.37. The summed E-state index contributed by atoms with van der Waals surface area (Å²) < 4.78 is 0. The summed E-state index contributed by atoms with van der Waals surface area (Å²) in [5, 5.41) is 3.06. The molecule has 2 aromatic rings. The van der Waals surface area contributed by atoms with Gasteiger partial charge in [-0.05, 0) is 49.5 Å². The summed E-state index contributed by atoms with van der Waals surface area (Å²) in [4.78, 5) is 42.4. The Morgan fingerprint density at radius 1 is 1.00 bits per heavy atom. The van der Waals surface area contributed by atoms with E-state index >= 15 is 0 Å². The average Bonchev–Trinajstić information content (AvgIpc) is 3.34. The number of nitrogens with zero attached hydrogens (tertiary/aromatic N) is 2. The number of anilines is 1. The van der Waals surface area contributed by atoms with Gasteiger partial charge in [0, 0.05) is 18.2 Å². The fourth-order valence-corrected chi connectivity index (χ4v) is 5.71. The van der Waals surface area contributed by atoms with Gasteiger partial charge in [-0.15, -0.1) is 0 Å². The molecule has 7 nitrogen and oxygen atoms in total. The zero-order chi connectivity index (χ0) is 22.3. The number of amides is 3. The molecule has 3 aliphatic heterocycles. The fourth-order valence-electron chi connectivity index (χ4n) is 5.71. The molecule has 7 heteroatoms. The third-order valence-corrected chi connectivity index (χ3v) is 7.37. The van der Waals surface area contributed by atoms with E-state index in [-0.39, 0.29) is 36.2 Å². The number of nitrogens with two attached hydrogens (primary N) is 1. The van der Waals surface area contributed by atoms with Crippen molar-refractivity contribution in [1.82, 2.24) is 9.80 Å². The molecule has 166 valence electrons. The van der Waals surface area contributed by atoms with Gasteiger partial charge in [-0.25, -0.2) is 0 Å². The molecule has 3 aliphatic rings. The maximum absolute atomic E-state index is 13.5. The summed E-state index contributed by atoms with van der Waals surface area (Å²) in [7, 11) is 0. The minimum Gasteiger partial charge on any atom is -0.369 e. The van der Waals surface area contributed by atoms with Crippen molar-refractivity contribution < 1.29 is 14.4 Å². The lowest BCUT2D eigenvalue weighted by Gasteiger charge is -2.36. The first-order chi connectivity index (χ1) is 15.5. The van der Waals surface area contributed by atoms with Crippen LogP contribution in [0.15, 0.2) is 54.6 Å². The minimum atomic E-state index is -0.785. The van der Waals surface area contributed by atoms with Gasteiger partial charge >= 0.3 is 0 Å². The minimum absolute atomic E-state index is 0.0189. The highest BCUT2D eigenvalue weighted by Gasteiger charge is 2.59. The van der Waals surface area contributed by atoms with Crippen LogP contribution >= 0.6 is 0 Å². The molecule has 2 saturated heterocycles. The van der Waals surface area contributed by atoms with E-state index in [2.05, 4.69) is 10.2 Å². The van der Waals surface area contributed by atoms with Crippen LogP contribution in [0.5, 0.6) is 0 Å². The Kier molecular flexibility index (Phi) is 5.21. The molecule has 0 radical (unpaired) electrons. The van der Waals surface area contributed by atoms with Crippen molar-refractivity contribution in [3.05, 3.63) is 65.7 Å². The van der Waals surface area contributed by atoms with Crippen LogP contribution in [0.1, 0.15) is 36.4 Å². The maximum Gasteiger partial charge on any atom is 0.237 e. The molecule has 2 fully saturated rings. The number of hydrogen-bond donors (Lipinski definition) is 2. The van der Waals surface area contributed by atoms with Crippen LogP contribution in [0.3, 0.4) is 0 Å². The van der Waals surface area contributed by atoms with Gasteiger partial charge in [0.15, 0.2) is 0 Å². The van der Waals surface area contributed by atoms with E-state index in [9.17, 15) is 14.4 Å². The largest absolute Gasteiger partial charge is 0.369 e. The molecular formula is C25H28N4O3. The molecule has 0 bridgehead atoms. The number of fused-ring (bicyclic) bond motifs is 2. The molecule has 2 atom stereocenters. The second kappa shape index (κ2) is 8.06. The SMILES string of the molecule is NC(=O)C1CCN(CC(=O)N2CC[C@]3(C(=O)Nc4ccccc43)[C@@H]2c2ccccc2)CC1. The summed E-state index contributed by atoms with van der Waals surface area (Å²) in [6.07, 6.45) is 1.96. The number of rotatable bonds is 4. The number of piperidine rings is 1. The molecule has 0 saturated carbocycles. The molecule has 5 rings (SSSR count). The molecule has 0 aromatic heterocycles. The molecule has 32 heavy (non-hydrogen) atoms. The van der Waals surface area contributed by atoms with Crippen LogP contribution in [0, 0.1) is 5.92 Å². The Labute approximate surface area is 187 Å². The number of hydrogen-bond acceptors (Lipinski definition) is 4. The molecule has 0 aliphatic carbocycles. The summed E-state index contributed by atoms with van der Waals surface area (Å²) >= 11 is 0. The number of carbonyl (C=O) groups is 3. The van der Waals surface area contributed by atoms with E-state index in [0.29, 0.717) is 38.9 Å². The van der Waals surface area contributed by atoms with Crippen molar-refractivity contribution in [2.45, 2.75) is 30.7 Å². The van der Waals surface area contributed by atoms with Crippen LogP contribution in [-0.4, -0.2) is 53.7 Å². The Morgan fingerprint density at radius 2 is 1.69 bits per heavy atom. The van der Waals surface area contributed by atoms with Crippen molar-refractivity contribution in [2.75, 3.05) is 31.5 Å². The third kappa shape index (κ3) is 3.28. The lowest BCUT2D eigenvalue weighted by molar-refractivity contribution is -0.135. The number of para-hydroxylation sites is 1. The zero-order valence-electron chi connectivity index (χ0n) is 18.0. The van der Waals surface area contributed by atoms with Gasteiger partial charge < -0.3 is 16.0 Å². The predicted molar refractivity (Wildman–Crippen MR) is 121 cm³/mol. The van der Waals surface area contributed by atoms with Crippen molar-refractivity contribution in [3.8, 4) is 0 Å². The Balaban J connectivity index is 1.44. The molecule has 0 unspecified atom stereocenters.